The third kappa shape index (κ3) is 3.68. The summed E-state index contributed by atoms with van der Waals surface area (Å²) in [7, 11) is 0. The first kappa shape index (κ1) is 14.7. The molecule has 0 aliphatic carbocycles. The van der Waals surface area contributed by atoms with Crippen LogP contribution >= 0.6 is 0 Å². The van der Waals surface area contributed by atoms with Gasteiger partial charge >= 0.3 is 0 Å². The average molecular weight is 304 g/mol. The quantitative estimate of drug-likeness (QED) is 0.706. The van der Waals surface area contributed by atoms with Crippen LogP contribution in [-0.2, 0) is 0 Å². The van der Waals surface area contributed by atoms with E-state index < -0.39 is 0 Å². The lowest BCUT2D eigenvalue weighted by atomic mass is 10.1. The Hall–Kier alpha value is -3.27. The number of amides is 1. The molecule has 0 radical (unpaired) electrons. The first-order valence-electron chi connectivity index (χ1n) is 7.21. The largest absolute Gasteiger partial charge is 0.456 e. The molecule has 0 fully saturated rings. The van der Waals surface area contributed by atoms with Crippen LogP contribution in [0.3, 0.4) is 0 Å². The van der Waals surface area contributed by atoms with E-state index in [2.05, 4.69) is 5.32 Å². The number of nitrogen functional groups attached to an aromatic ring is 1. The van der Waals surface area contributed by atoms with E-state index in [1.54, 1.807) is 42.5 Å². The fourth-order valence-electron chi connectivity index (χ4n) is 2.17. The molecule has 0 aliphatic heterocycles. The zero-order chi connectivity index (χ0) is 16.1. The van der Waals surface area contributed by atoms with Crippen molar-refractivity contribution in [3.05, 3.63) is 84.4 Å². The van der Waals surface area contributed by atoms with E-state index in [-0.39, 0.29) is 5.91 Å². The highest BCUT2D eigenvalue weighted by molar-refractivity contribution is 6.06. The summed E-state index contributed by atoms with van der Waals surface area (Å²) in [4.78, 5) is 12.5. The molecule has 23 heavy (non-hydrogen) atoms. The van der Waals surface area contributed by atoms with E-state index in [4.69, 9.17) is 10.5 Å². The fourth-order valence-corrected chi connectivity index (χ4v) is 2.17. The van der Waals surface area contributed by atoms with Crippen molar-refractivity contribution in [3.63, 3.8) is 0 Å². The molecule has 3 aromatic rings. The van der Waals surface area contributed by atoms with Gasteiger partial charge in [-0.15, -0.1) is 0 Å². The van der Waals surface area contributed by atoms with Crippen LogP contribution in [0.2, 0.25) is 0 Å². The molecule has 114 valence electrons. The van der Waals surface area contributed by atoms with E-state index in [9.17, 15) is 4.79 Å². The SMILES string of the molecule is Nc1cccc(Oc2ccccc2C(=O)Nc2ccccc2)c1. The van der Waals surface area contributed by atoms with Crippen molar-refractivity contribution in [1.82, 2.24) is 0 Å². The van der Waals surface area contributed by atoms with Crippen LogP contribution in [0.25, 0.3) is 0 Å². The Morgan fingerprint density at radius 2 is 1.61 bits per heavy atom. The fraction of sp³-hybridized carbons (Fsp3) is 0. The topological polar surface area (TPSA) is 64.3 Å². The molecule has 3 rings (SSSR count). The van der Waals surface area contributed by atoms with Gasteiger partial charge in [-0.2, -0.15) is 0 Å². The minimum atomic E-state index is -0.226. The molecule has 0 aromatic heterocycles. The smallest absolute Gasteiger partial charge is 0.259 e. The van der Waals surface area contributed by atoms with Crippen LogP contribution in [0.1, 0.15) is 10.4 Å². The maximum atomic E-state index is 12.5. The molecule has 0 unspecified atom stereocenters. The Morgan fingerprint density at radius 1 is 0.870 bits per heavy atom. The van der Waals surface area contributed by atoms with Gasteiger partial charge in [-0.05, 0) is 36.4 Å². The van der Waals surface area contributed by atoms with Gasteiger partial charge in [-0.1, -0.05) is 36.4 Å². The van der Waals surface area contributed by atoms with Gasteiger partial charge < -0.3 is 15.8 Å². The summed E-state index contributed by atoms with van der Waals surface area (Å²) in [6.45, 7) is 0. The van der Waals surface area contributed by atoms with Gasteiger partial charge in [0.25, 0.3) is 5.91 Å². The number of carbonyl (C=O) groups is 1. The summed E-state index contributed by atoms with van der Waals surface area (Å²) in [6.07, 6.45) is 0. The summed E-state index contributed by atoms with van der Waals surface area (Å²) >= 11 is 0. The molecule has 0 atom stereocenters. The minimum absolute atomic E-state index is 0.226. The Morgan fingerprint density at radius 3 is 2.39 bits per heavy atom. The van der Waals surface area contributed by atoms with Crippen molar-refractivity contribution in [1.29, 1.82) is 0 Å². The van der Waals surface area contributed by atoms with Gasteiger partial charge in [-0.3, -0.25) is 4.79 Å². The molecular formula is C19H16N2O2. The van der Waals surface area contributed by atoms with Gasteiger partial charge in [0.2, 0.25) is 0 Å². The first-order valence-corrected chi connectivity index (χ1v) is 7.21. The lowest BCUT2D eigenvalue weighted by Crippen LogP contribution is -2.12. The Labute approximate surface area is 134 Å². The number of hydrogen-bond acceptors (Lipinski definition) is 3. The number of nitrogens with one attached hydrogen (secondary N) is 1. The third-order valence-electron chi connectivity index (χ3n) is 3.25. The molecule has 0 aliphatic rings. The van der Waals surface area contributed by atoms with Gasteiger partial charge in [0, 0.05) is 17.4 Å². The maximum Gasteiger partial charge on any atom is 0.259 e. The number of para-hydroxylation sites is 2. The van der Waals surface area contributed by atoms with Crippen LogP contribution < -0.4 is 15.8 Å². The van der Waals surface area contributed by atoms with Crippen LogP contribution in [0.4, 0.5) is 11.4 Å². The first-order chi connectivity index (χ1) is 11.2. The molecule has 0 heterocycles. The van der Waals surface area contributed by atoms with E-state index in [0.29, 0.717) is 22.7 Å². The van der Waals surface area contributed by atoms with Crippen LogP contribution in [0.5, 0.6) is 11.5 Å². The van der Waals surface area contributed by atoms with E-state index in [1.807, 2.05) is 36.4 Å². The van der Waals surface area contributed by atoms with Crippen molar-refractivity contribution in [2.75, 3.05) is 11.1 Å². The average Bonchev–Trinajstić information content (AvgIpc) is 2.56. The summed E-state index contributed by atoms with van der Waals surface area (Å²) in [6, 6.07) is 23.5. The second-order valence-corrected chi connectivity index (χ2v) is 4.99. The van der Waals surface area contributed by atoms with Gasteiger partial charge in [-0.25, -0.2) is 0 Å². The molecule has 0 saturated carbocycles. The molecule has 0 spiro atoms. The summed E-state index contributed by atoms with van der Waals surface area (Å²) in [5, 5.41) is 2.85. The van der Waals surface area contributed by atoms with E-state index in [1.165, 1.54) is 0 Å². The highest BCUT2D eigenvalue weighted by Crippen LogP contribution is 2.27. The minimum Gasteiger partial charge on any atom is -0.456 e. The number of hydrogen-bond donors (Lipinski definition) is 2. The predicted octanol–water partition coefficient (Wildman–Crippen LogP) is 4.31. The zero-order valence-electron chi connectivity index (χ0n) is 12.4. The number of ether oxygens (including phenoxy) is 1. The Balaban J connectivity index is 1.84. The second-order valence-electron chi connectivity index (χ2n) is 4.99. The van der Waals surface area contributed by atoms with E-state index >= 15 is 0 Å². The number of rotatable bonds is 4. The standard InChI is InChI=1S/C19H16N2O2/c20-14-7-6-10-16(13-14)23-18-12-5-4-11-17(18)19(22)21-15-8-2-1-3-9-15/h1-13H,20H2,(H,21,22). The maximum absolute atomic E-state index is 12.5. The molecule has 3 aromatic carbocycles. The van der Waals surface area contributed by atoms with Crippen molar-refractivity contribution < 1.29 is 9.53 Å². The summed E-state index contributed by atoms with van der Waals surface area (Å²) in [5.41, 5.74) is 7.55. The van der Waals surface area contributed by atoms with Crippen LogP contribution in [0.15, 0.2) is 78.9 Å². The van der Waals surface area contributed by atoms with Gasteiger partial charge in [0.05, 0.1) is 5.56 Å². The highest BCUT2D eigenvalue weighted by Gasteiger charge is 2.13. The van der Waals surface area contributed by atoms with Crippen molar-refractivity contribution >= 4 is 17.3 Å². The summed E-state index contributed by atoms with van der Waals surface area (Å²) < 4.78 is 5.81. The van der Waals surface area contributed by atoms with Crippen molar-refractivity contribution in [2.45, 2.75) is 0 Å². The monoisotopic (exact) mass is 304 g/mol. The lowest BCUT2D eigenvalue weighted by molar-refractivity contribution is 0.102. The number of anilines is 2. The summed E-state index contributed by atoms with van der Waals surface area (Å²) in [5.74, 6) is 0.840. The van der Waals surface area contributed by atoms with Gasteiger partial charge in [0.1, 0.15) is 11.5 Å². The molecule has 4 nitrogen and oxygen atoms in total. The normalized spacial score (nSPS) is 10.1. The van der Waals surface area contributed by atoms with Crippen molar-refractivity contribution in [3.8, 4) is 11.5 Å². The lowest BCUT2D eigenvalue weighted by Gasteiger charge is -2.11. The zero-order valence-corrected chi connectivity index (χ0v) is 12.4. The highest BCUT2D eigenvalue weighted by atomic mass is 16.5. The third-order valence-corrected chi connectivity index (χ3v) is 3.25. The second kappa shape index (κ2) is 6.66. The molecule has 3 N–H and O–H groups in total. The van der Waals surface area contributed by atoms with Crippen LogP contribution in [-0.4, -0.2) is 5.91 Å². The molecule has 1 amide bonds. The van der Waals surface area contributed by atoms with Crippen LogP contribution in [0, 0.1) is 0 Å². The molecule has 4 heteroatoms. The van der Waals surface area contributed by atoms with Crippen molar-refractivity contribution in [2.24, 2.45) is 0 Å². The van der Waals surface area contributed by atoms with E-state index in [0.717, 1.165) is 5.69 Å². The number of benzene rings is 3. The molecule has 0 saturated heterocycles. The Bertz CT molecular complexity index is 816. The number of nitrogens with two attached hydrogens (primary N) is 1. The van der Waals surface area contributed by atoms with Gasteiger partial charge in [0.15, 0.2) is 0 Å². The molecular weight excluding hydrogens is 288 g/mol. The molecule has 0 bridgehead atoms. The Kier molecular flexibility index (Phi) is 4.25. The number of carbonyl (C=O) groups excluding carboxylic acids is 1. The predicted molar refractivity (Wildman–Crippen MR) is 91.8 cm³/mol.